The molecule has 0 aliphatic rings. The van der Waals surface area contributed by atoms with Gasteiger partial charge < -0.3 is 24.0 Å². The number of hydrogen-bond acceptors (Lipinski definition) is 8. The van der Waals surface area contributed by atoms with Gasteiger partial charge in [-0.3, -0.25) is 18.6 Å². The molecule has 0 aromatic heterocycles. The number of aliphatic hydroxyl groups is 1. The summed E-state index contributed by atoms with van der Waals surface area (Å²) in [6.07, 6.45) is 44.4. The van der Waals surface area contributed by atoms with Crippen LogP contribution in [0, 0.1) is 0 Å². The molecule has 2 N–H and O–H groups in total. The summed E-state index contributed by atoms with van der Waals surface area (Å²) in [5, 5.41) is 9.85. The Labute approximate surface area is 353 Å². The number of aliphatic hydroxyl groups excluding tert-OH is 1. The fourth-order valence-electron chi connectivity index (χ4n) is 5.59. The Morgan fingerprint density at radius 3 is 1.76 bits per heavy atom. The monoisotopic (exact) mass is 837 g/mol. The van der Waals surface area contributed by atoms with E-state index in [4.69, 9.17) is 18.5 Å². The van der Waals surface area contributed by atoms with E-state index in [1.165, 1.54) is 70.6 Å². The van der Waals surface area contributed by atoms with E-state index in [9.17, 15) is 24.2 Å². The number of unbranched alkanes of at least 4 members (excludes halogenated alkanes) is 13. The van der Waals surface area contributed by atoms with Crippen LogP contribution in [0.25, 0.3) is 0 Å². The fraction of sp³-hybridized carbons (Fsp3) is 0.702. The second-order valence-corrected chi connectivity index (χ2v) is 17.4. The highest BCUT2D eigenvalue weighted by atomic mass is 31.2. The SMILES string of the molecule is CC/C=C\CC(O)/C=C/C=C/C/C=C\C/C=C\C/C=C\CCC(=O)O[C@H](COC(=O)CCCCCCCCCCCCCCCC)COP(=O)(O)OCC[N+](C)(C)C. The average Bonchev–Trinajstić information content (AvgIpc) is 3.17. The molecular weight excluding hydrogens is 753 g/mol. The van der Waals surface area contributed by atoms with Crippen molar-refractivity contribution in [1.82, 2.24) is 0 Å². The molecule has 0 bridgehead atoms. The molecule has 11 heteroatoms. The van der Waals surface area contributed by atoms with Crippen LogP contribution in [0.2, 0.25) is 0 Å². The molecule has 0 heterocycles. The summed E-state index contributed by atoms with van der Waals surface area (Å²) in [5.74, 6) is -0.920. The first-order valence-electron chi connectivity index (χ1n) is 22.3. The summed E-state index contributed by atoms with van der Waals surface area (Å²) in [6.45, 7) is 4.10. The number of allylic oxidation sites excluding steroid dienone is 10. The third kappa shape index (κ3) is 41.6. The summed E-state index contributed by atoms with van der Waals surface area (Å²) >= 11 is 0. The van der Waals surface area contributed by atoms with Gasteiger partial charge in [-0.1, -0.05) is 170 Å². The van der Waals surface area contributed by atoms with Crippen LogP contribution in [-0.2, 0) is 32.7 Å². The van der Waals surface area contributed by atoms with Crippen LogP contribution in [0.15, 0.2) is 72.9 Å². The van der Waals surface area contributed by atoms with Crippen molar-refractivity contribution in [2.45, 2.75) is 167 Å². The van der Waals surface area contributed by atoms with Gasteiger partial charge in [0, 0.05) is 12.8 Å². The van der Waals surface area contributed by atoms with Gasteiger partial charge in [0.05, 0.1) is 33.9 Å². The standard InChI is InChI=1S/C47H82NO9P/c1-6-8-10-11-12-13-14-15-18-21-24-27-30-34-38-46(50)54-42-45(43-56-58(52,53)55-41-40-48(3,4)5)57-47(51)39-35-31-28-25-22-19-16-17-20-23-26-29-33-37-44(49)36-32-9-7-2/h9,17,19-20,22,26,28-29,31-33,37,44-45,49H,6-8,10-16,18,21,23-25,27,30,34-36,38-43H2,1-5H3/p+1/b20-17-,22-19-,29-26+,31-28-,32-9-,37-33+/t44?,45-/m1/s1. The zero-order chi connectivity index (χ0) is 43.0. The first kappa shape index (κ1) is 55.4. The van der Waals surface area contributed by atoms with Crippen LogP contribution >= 0.6 is 7.82 Å². The number of carbonyl (C=O) groups excluding carboxylic acids is 2. The molecule has 3 atom stereocenters. The van der Waals surface area contributed by atoms with Crippen LogP contribution in [-0.4, -0.2) is 86.1 Å². The molecule has 0 saturated heterocycles. The van der Waals surface area contributed by atoms with Gasteiger partial charge in [-0.2, -0.15) is 0 Å². The van der Waals surface area contributed by atoms with Gasteiger partial charge in [0.1, 0.15) is 19.8 Å². The van der Waals surface area contributed by atoms with Crippen molar-refractivity contribution in [2.75, 3.05) is 47.5 Å². The Morgan fingerprint density at radius 1 is 0.638 bits per heavy atom. The maximum Gasteiger partial charge on any atom is 0.472 e. The van der Waals surface area contributed by atoms with Crippen LogP contribution < -0.4 is 0 Å². The fourth-order valence-corrected chi connectivity index (χ4v) is 6.34. The van der Waals surface area contributed by atoms with E-state index in [0.29, 0.717) is 23.9 Å². The summed E-state index contributed by atoms with van der Waals surface area (Å²) in [7, 11) is 1.40. The molecule has 0 amide bonds. The average molecular weight is 837 g/mol. The topological polar surface area (TPSA) is 129 Å². The number of phosphoric acid groups is 1. The Morgan fingerprint density at radius 2 is 1.19 bits per heavy atom. The van der Waals surface area contributed by atoms with Crippen molar-refractivity contribution in [3.05, 3.63) is 72.9 Å². The molecule has 334 valence electrons. The Hall–Kier alpha value is -2.59. The number of likely N-dealkylation sites (N-methyl/N-ethyl adjacent to an activating group) is 1. The molecule has 0 radical (unpaired) electrons. The number of ether oxygens (including phenoxy) is 2. The number of rotatable bonds is 39. The minimum atomic E-state index is -4.41. The number of hydrogen-bond donors (Lipinski definition) is 2. The minimum absolute atomic E-state index is 0.00867. The van der Waals surface area contributed by atoms with Crippen molar-refractivity contribution in [1.29, 1.82) is 0 Å². The van der Waals surface area contributed by atoms with Gasteiger partial charge in [-0.25, -0.2) is 4.57 Å². The van der Waals surface area contributed by atoms with Gasteiger partial charge in [-0.05, 0) is 44.9 Å². The van der Waals surface area contributed by atoms with E-state index in [2.05, 4.69) is 38.2 Å². The van der Waals surface area contributed by atoms with Gasteiger partial charge in [0.15, 0.2) is 6.10 Å². The van der Waals surface area contributed by atoms with Crippen LogP contribution in [0.3, 0.4) is 0 Å². The molecule has 0 rings (SSSR count). The van der Waals surface area contributed by atoms with Gasteiger partial charge >= 0.3 is 19.8 Å². The van der Waals surface area contributed by atoms with E-state index in [1.807, 2.05) is 63.7 Å². The zero-order valence-electron chi connectivity index (χ0n) is 37.1. The number of carbonyl (C=O) groups is 2. The molecule has 0 spiro atoms. The first-order chi connectivity index (χ1) is 27.9. The summed E-state index contributed by atoms with van der Waals surface area (Å²) in [4.78, 5) is 35.3. The van der Waals surface area contributed by atoms with E-state index in [-0.39, 0.29) is 26.1 Å². The lowest BCUT2D eigenvalue weighted by molar-refractivity contribution is -0.870. The summed E-state index contributed by atoms with van der Waals surface area (Å²) < 4.78 is 34.2. The summed E-state index contributed by atoms with van der Waals surface area (Å²) in [5.41, 5.74) is 0. The molecule has 2 unspecified atom stereocenters. The molecular formula is C47H83NO9P+. The summed E-state index contributed by atoms with van der Waals surface area (Å²) in [6, 6.07) is 0. The largest absolute Gasteiger partial charge is 0.472 e. The van der Waals surface area contributed by atoms with Gasteiger partial charge in [0.25, 0.3) is 0 Å². The maximum absolute atomic E-state index is 12.7. The lowest BCUT2D eigenvalue weighted by atomic mass is 10.0. The third-order valence-electron chi connectivity index (χ3n) is 9.09. The Balaban J connectivity index is 4.53. The quantitative estimate of drug-likeness (QED) is 0.0155. The molecule has 0 aromatic carbocycles. The van der Waals surface area contributed by atoms with Gasteiger partial charge in [0.2, 0.25) is 0 Å². The van der Waals surface area contributed by atoms with Crippen molar-refractivity contribution in [3.63, 3.8) is 0 Å². The second kappa shape index (κ2) is 38.6. The third-order valence-corrected chi connectivity index (χ3v) is 10.1. The first-order valence-corrected chi connectivity index (χ1v) is 23.8. The Bertz CT molecular complexity index is 1230. The molecule has 0 aliphatic heterocycles. The normalized spacial score (nSPS) is 14.8. The highest BCUT2D eigenvalue weighted by molar-refractivity contribution is 7.47. The second-order valence-electron chi connectivity index (χ2n) is 15.9. The lowest BCUT2D eigenvalue weighted by Crippen LogP contribution is -2.37. The van der Waals surface area contributed by atoms with Crippen molar-refractivity contribution >= 4 is 19.8 Å². The maximum atomic E-state index is 12.7. The molecule has 0 aliphatic carbocycles. The number of quaternary nitrogens is 1. The van der Waals surface area contributed by atoms with Crippen LogP contribution in [0.4, 0.5) is 0 Å². The van der Waals surface area contributed by atoms with Crippen molar-refractivity contribution < 1.29 is 47.2 Å². The zero-order valence-corrected chi connectivity index (χ0v) is 38.0. The van der Waals surface area contributed by atoms with E-state index in [0.717, 1.165) is 44.9 Å². The predicted molar refractivity (Wildman–Crippen MR) is 239 cm³/mol. The van der Waals surface area contributed by atoms with Crippen molar-refractivity contribution in [3.8, 4) is 0 Å². The molecule has 0 aromatic rings. The number of phosphoric ester groups is 1. The Kier molecular flexibility index (Phi) is 36.9. The number of esters is 2. The smallest absolute Gasteiger partial charge is 0.462 e. The van der Waals surface area contributed by atoms with E-state index >= 15 is 0 Å². The predicted octanol–water partition coefficient (Wildman–Crippen LogP) is 11.6. The molecule has 0 fully saturated rings. The van der Waals surface area contributed by atoms with Crippen molar-refractivity contribution in [2.24, 2.45) is 0 Å². The van der Waals surface area contributed by atoms with Crippen LogP contribution in [0.5, 0.6) is 0 Å². The lowest BCUT2D eigenvalue weighted by Gasteiger charge is -2.24. The molecule has 10 nitrogen and oxygen atoms in total. The molecule has 0 saturated carbocycles. The van der Waals surface area contributed by atoms with E-state index in [1.54, 1.807) is 6.08 Å². The highest BCUT2D eigenvalue weighted by Crippen LogP contribution is 2.43. The van der Waals surface area contributed by atoms with Crippen LogP contribution in [0.1, 0.15) is 155 Å². The minimum Gasteiger partial charge on any atom is -0.462 e. The van der Waals surface area contributed by atoms with Gasteiger partial charge in [-0.15, -0.1) is 0 Å². The highest BCUT2D eigenvalue weighted by Gasteiger charge is 2.27. The van der Waals surface area contributed by atoms with E-state index < -0.39 is 38.6 Å². The molecule has 58 heavy (non-hydrogen) atoms. The number of nitrogens with zero attached hydrogens (tertiary/aromatic N) is 1.